The Kier molecular flexibility index (Phi) is 6.77. The van der Waals surface area contributed by atoms with E-state index in [0.29, 0.717) is 17.1 Å². The topological polar surface area (TPSA) is 80.7 Å². The van der Waals surface area contributed by atoms with Crippen LogP contribution in [0, 0.1) is 5.92 Å². The predicted octanol–water partition coefficient (Wildman–Crippen LogP) is 4.03. The molecule has 0 aliphatic carbocycles. The van der Waals surface area contributed by atoms with E-state index in [4.69, 9.17) is 4.74 Å². The number of ketones is 1. The number of hydrogen-bond acceptors (Lipinski definition) is 5. The molecule has 5 nitrogen and oxygen atoms in total. The van der Waals surface area contributed by atoms with Crippen molar-refractivity contribution in [2.75, 3.05) is 5.75 Å². The maximum absolute atomic E-state index is 12.3. The highest BCUT2D eigenvalue weighted by atomic mass is 32.2. The van der Waals surface area contributed by atoms with Gasteiger partial charge >= 0.3 is 5.97 Å². The van der Waals surface area contributed by atoms with Gasteiger partial charge in [0.25, 0.3) is 0 Å². The number of carboxylic acids is 1. The van der Waals surface area contributed by atoms with E-state index in [0.717, 1.165) is 11.8 Å². The lowest BCUT2D eigenvalue weighted by atomic mass is 10.00. The molecule has 0 aliphatic rings. The molecule has 2 aromatic carbocycles. The number of carbonyl (C=O) groups is 3. The number of rotatable bonds is 8. The van der Waals surface area contributed by atoms with E-state index < -0.39 is 11.9 Å². The first-order valence-corrected chi connectivity index (χ1v) is 8.66. The minimum Gasteiger partial charge on any atom is -0.481 e. The fraction of sp³-hybridized carbons (Fsp3) is 0.211. The molecule has 1 atom stereocenters. The minimum absolute atomic E-state index is 0.0889. The molecule has 130 valence electrons. The van der Waals surface area contributed by atoms with Crippen LogP contribution in [-0.4, -0.2) is 27.7 Å². The zero-order valence-electron chi connectivity index (χ0n) is 13.7. The molecule has 0 spiro atoms. The molecular weight excluding hydrogens is 340 g/mol. The van der Waals surface area contributed by atoms with Gasteiger partial charge in [-0.3, -0.25) is 14.4 Å². The summed E-state index contributed by atoms with van der Waals surface area (Å²) >= 11 is 0.917. The number of thioether (sulfide) groups is 1. The second-order valence-electron chi connectivity index (χ2n) is 5.40. The molecule has 1 N–H and O–H groups in total. The first-order valence-electron chi connectivity index (χ1n) is 7.68. The normalized spacial score (nSPS) is 11.6. The second-order valence-corrected chi connectivity index (χ2v) is 6.60. The zero-order valence-corrected chi connectivity index (χ0v) is 14.5. The summed E-state index contributed by atoms with van der Waals surface area (Å²) < 4.78 is 5.65. The number of hydrogen-bond donors (Lipinski definition) is 1. The van der Waals surface area contributed by atoms with Gasteiger partial charge in [-0.2, -0.15) is 0 Å². The van der Waals surface area contributed by atoms with Crippen LogP contribution in [0.5, 0.6) is 11.5 Å². The number of carbonyl (C=O) groups excluding carboxylic acids is 2. The summed E-state index contributed by atoms with van der Waals surface area (Å²) in [6.45, 7) is 1.37. The van der Waals surface area contributed by atoms with E-state index in [1.807, 2.05) is 30.3 Å². The van der Waals surface area contributed by atoms with Crippen LogP contribution in [0.25, 0.3) is 0 Å². The Hall–Kier alpha value is -2.60. The fourth-order valence-corrected chi connectivity index (χ4v) is 2.81. The molecule has 0 amide bonds. The Morgan fingerprint density at radius 2 is 1.60 bits per heavy atom. The van der Waals surface area contributed by atoms with E-state index in [1.165, 1.54) is 6.92 Å². The van der Waals surface area contributed by atoms with Crippen molar-refractivity contribution in [2.24, 2.45) is 5.92 Å². The Labute approximate surface area is 150 Å². The van der Waals surface area contributed by atoms with Crippen LogP contribution in [0.4, 0.5) is 0 Å². The van der Waals surface area contributed by atoms with E-state index >= 15 is 0 Å². The lowest BCUT2D eigenvalue weighted by Crippen LogP contribution is -2.21. The fourth-order valence-electron chi connectivity index (χ4n) is 2.11. The molecule has 0 saturated carbocycles. The first kappa shape index (κ1) is 18.7. The summed E-state index contributed by atoms with van der Waals surface area (Å²) in [4.78, 5) is 34.5. The van der Waals surface area contributed by atoms with E-state index in [9.17, 15) is 19.5 Å². The molecule has 0 aromatic heterocycles. The predicted molar refractivity (Wildman–Crippen MR) is 96.2 cm³/mol. The van der Waals surface area contributed by atoms with Crippen molar-refractivity contribution in [1.82, 2.24) is 0 Å². The van der Waals surface area contributed by atoms with Gasteiger partial charge < -0.3 is 9.84 Å². The summed E-state index contributed by atoms with van der Waals surface area (Å²) in [7, 11) is 0. The lowest BCUT2D eigenvalue weighted by Gasteiger charge is -2.11. The van der Waals surface area contributed by atoms with Crippen LogP contribution >= 0.6 is 11.8 Å². The molecule has 0 heterocycles. The Morgan fingerprint density at radius 1 is 1.00 bits per heavy atom. The van der Waals surface area contributed by atoms with Crippen molar-refractivity contribution in [2.45, 2.75) is 13.3 Å². The first-order chi connectivity index (χ1) is 12.0. The molecule has 1 unspecified atom stereocenters. The molecule has 0 fully saturated rings. The number of para-hydroxylation sites is 1. The van der Waals surface area contributed by atoms with Crippen molar-refractivity contribution >= 4 is 28.6 Å². The highest BCUT2D eigenvalue weighted by Gasteiger charge is 2.22. The van der Waals surface area contributed by atoms with Crippen molar-refractivity contribution in [1.29, 1.82) is 0 Å². The van der Waals surface area contributed by atoms with Crippen LogP contribution in [0.2, 0.25) is 0 Å². The third-order valence-corrected chi connectivity index (χ3v) is 4.40. The minimum atomic E-state index is -1.08. The maximum atomic E-state index is 12.3. The number of Topliss-reactive ketones (excluding diaryl/α,β-unsaturated/α-hetero) is 1. The van der Waals surface area contributed by atoms with E-state index in [-0.39, 0.29) is 23.1 Å². The van der Waals surface area contributed by atoms with Crippen molar-refractivity contribution in [3.05, 3.63) is 60.2 Å². The van der Waals surface area contributed by atoms with Crippen molar-refractivity contribution in [3.8, 4) is 11.5 Å². The Morgan fingerprint density at radius 3 is 2.16 bits per heavy atom. The summed E-state index contributed by atoms with van der Waals surface area (Å²) in [5, 5.41) is 9.03. The average Bonchev–Trinajstić information content (AvgIpc) is 2.59. The number of carboxylic acid groups (broad SMARTS) is 1. The van der Waals surface area contributed by atoms with Gasteiger partial charge in [-0.05, 0) is 36.4 Å². The summed E-state index contributed by atoms with van der Waals surface area (Å²) in [6.07, 6.45) is -0.144. The van der Waals surface area contributed by atoms with Gasteiger partial charge in [-0.15, -0.1) is 0 Å². The molecule has 0 aliphatic heterocycles. The molecule has 2 rings (SSSR count). The number of benzene rings is 2. The average molecular weight is 358 g/mol. The lowest BCUT2D eigenvalue weighted by molar-refractivity contribution is -0.140. The zero-order chi connectivity index (χ0) is 18.2. The van der Waals surface area contributed by atoms with Crippen LogP contribution in [0.1, 0.15) is 23.7 Å². The number of ether oxygens (including phenoxy) is 1. The Balaban J connectivity index is 1.99. The molecule has 0 saturated heterocycles. The third kappa shape index (κ3) is 6.08. The van der Waals surface area contributed by atoms with Gasteiger partial charge in [0.05, 0.1) is 5.92 Å². The molecule has 25 heavy (non-hydrogen) atoms. The summed E-state index contributed by atoms with van der Waals surface area (Å²) in [5.41, 5.74) is 0.416. The highest BCUT2D eigenvalue weighted by Crippen LogP contribution is 2.22. The van der Waals surface area contributed by atoms with Crippen molar-refractivity contribution < 1.29 is 24.2 Å². The monoisotopic (exact) mass is 358 g/mol. The van der Waals surface area contributed by atoms with Crippen LogP contribution < -0.4 is 4.74 Å². The van der Waals surface area contributed by atoms with Gasteiger partial charge in [0, 0.05) is 24.7 Å². The smallest absolute Gasteiger partial charge is 0.307 e. The molecule has 0 bridgehead atoms. The van der Waals surface area contributed by atoms with Gasteiger partial charge in [-0.1, -0.05) is 30.0 Å². The summed E-state index contributed by atoms with van der Waals surface area (Å²) in [5.74, 6) is -0.875. The molecular formula is C19H18O5S. The van der Waals surface area contributed by atoms with Crippen LogP contribution in [0.15, 0.2) is 54.6 Å². The van der Waals surface area contributed by atoms with E-state index in [1.54, 1.807) is 24.3 Å². The van der Waals surface area contributed by atoms with Gasteiger partial charge in [0.1, 0.15) is 11.5 Å². The maximum Gasteiger partial charge on any atom is 0.307 e. The number of aliphatic carboxylic acids is 1. The van der Waals surface area contributed by atoms with Gasteiger partial charge in [-0.25, -0.2) is 0 Å². The summed E-state index contributed by atoms with van der Waals surface area (Å²) in [6, 6.07) is 15.8. The molecule has 0 radical (unpaired) electrons. The third-order valence-electron chi connectivity index (χ3n) is 3.42. The van der Waals surface area contributed by atoms with Crippen molar-refractivity contribution in [3.63, 3.8) is 0 Å². The molecule has 2 aromatic rings. The van der Waals surface area contributed by atoms with Crippen LogP contribution in [0.3, 0.4) is 0 Å². The second kappa shape index (κ2) is 9.03. The SMILES string of the molecule is CC(=O)SCC(CC(=O)c1ccc(Oc2ccccc2)cc1)C(=O)O. The van der Waals surface area contributed by atoms with Gasteiger partial charge in [0.2, 0.25) is 0 Å². The molecule has 6 heteroatoms. The van der Waals surface area contributed by atoms with Gasteiger partial charge in [0.15, 0.2) is 10.9 Å². The standard InChI is InChI=1S/C19H18O5S/c1-13(20)25-12-15(19(22)23)11-18(21)14-7-9-17(10-8-14)24-16-5-3-2-4-6-16/h2-10,15H,11-12H2,1H3,(H,22,23). The van der Waals surface area contributed by atoms with E-state index in [2.05, 4.69) is 0 Å². The Bertz CT molecular complexity index is 740. The van der Waals surface area contributed by atoms with Crippen LogP contribution in [-0.2, 0) is 9.59 Å². The quantitative estimate of drug-likeness (QED) is 0.718. The largest absolute Gasteiger partial charge is 0.481 e. The highest BCUT2D eigenvalue weighted by molar-refractivity contribution is 8.13.